The van der Waals surface area contributed by atoms with Crippen molar-refractivity contribution in [2.75, 3.05) is 25.6 Å². The second kappa shape index (κ2) is 12.6. The molecule has 0 aliphatic carbocycles. The maximum atomic E-state index is 12.9. The first kappa shape index (κ1) is 29.1. The number of anilines is 1. The van der Waals surface area contributed by atoms with Gasteiger partial charge < -0.3 is 25.2 Å². The number of aromatic nitrogens is 3. The van der Waals surface area contributed by atoms with Gasteiger partial charge in [0.05, 0.1) is 25.5 Å². The molecule has 2 aromatic carbocycles. The quantitative estimate of drug-likeness (QED) is 0.294. The fraction of sp³-hybridized carbons (Fsp3) is 0.312. The Kier molecular flexibility index (Phi) is 8.77. The molecule has 42 heavy (non-hydrogen) atoms. The smallest absolute Gasteiger partial charge is 0.279 e. The van der Waals surface area contributed by atoms with Crippen LogP contribution in [0.1, 0.15) is 33.5 Å². The topological polar surface area (TPSA) is 128 Å². The molecule has 2 atom stereocenters. The standard InChI is InChI=1S/C32H35N5O5/c1-19-22(23-8-6-10-26(20(23)2)35-30(39)25-13-15-34-37(3)32(25)40)7-5-9-24(19)27-12-11-21(31(36-27)41-4)17-33-28-14-16-42-18-29(28)38/h5-13,15,28-29,33,38H,14,16-18H2,1-4H3,(H,35,39). The van der Waals surface area contributed by atoms with E-state index in [1.54, 1.807) is 7.11 Å². The maximum absolute atomic E-state index is 12.9. The lowest BCUT2D eigenvalue weighted by Crippen LogP contribution is -2.46. The third-order valence-electron chi connectivity index (χ3n) is 7.75. The van der Waals surface area contributed by atoms with E-state index in [2.05, 4.69) is 15.7 Å². The van der Waals surface area contributed by atoms with Gasteiger partial charge in [-0.05, 0) is 60.7 Å². The van der Waals surface area contributed by atoms with Crippen LogP contribution in [-0.4, -0.2) is 58.2 Å². The summed E-state index contributed by atoms with van der Waals surface area (Å²) in [6.45, 7) is 5.46. The maximum Gasteiger partial charge on any atom is 0.279 e. The Labute approximate surface area is 244 Å². The van der Waals surface area contributed by atoms with Crippen LogP contribution in [0, 0.1) is 13.8 Å². The number of carbonyl (C=O) groups is 1. The second-order valence-corrected chi connectivity index (χ2v) is 10.4. The molecule has 0 saturated carbocycles. The number of aliphatic hydroxyl groups is 1. The average molecular weight is 570 g/mol. The first-order chi connectivity index (χ1) is 20.3. The molecule has 1 amide bonds. The zero-order valence-electron chi connectivity index (χ0n) is 24.2. The van der Waals surface area contributed by atoms with Crippen molar-refractivity contribution in [3.05, 3.63) is 93.4 Å². The van der Waals surface area contributed by atoms with Crippen molar-refractivity contribution in [3.8, 4) is 28.3 Å². The Bertz CT molecular complexity index is 1670. The van der Waals surface area contributed by atoms with Gasteiger partial charge >= 0.3 is 0 Å². The van der Waals surface area contributed by atoms with E-state index < -0.39 is 17.6 Å². The average Bonchev–Trinajstić information content (AvgIpc) is 2.99. The molecule has 3 heterocycles. The largest absolute Gasteiger partial charge is 0.481 e. The number of carbonyl (C=O) groups excluding carboxylic acids is 1. The summed E-state index contributed by atoms with van der Waals surface area (Å²) in [4.78, 5) is 30.1. The highest BCUT2D eigenvalue weighted by Gasteiger charge is 2.24. The van der Waals surface area contributed by atoms with Gasteiger partial charge in [-0.2, -0.15) is 5.10 Å². The zero-order valence-corrected chi connectivity index (χ0v) is 24.2. The molecule has 0 radical (unpaired) electrons. The first-order valence-electron chi connectivity index (χ1n) is 13.8. The Balaban J connectivity index is 1.41. The lowest BCUT2D eigenvalue weighted by Gasteiger charge is -2.28. The van der Waals surface area contributed by atoms with Crippen molar-refractivity contribution in [1.82, 2.24) is 20.1 Å². The number of rotatable bonds is 8. The fourth-order valence-corrected chi connectivity index (χ4v) is 5.27. The lowest BCUT2D eigenvalue weighted by atomic mass is 9.91. The number of aliphatic hydroxyl groups excluding tert-OH is 1. The predicted molar refractivity (Wildman–Crippen MR) is 161 cm³/mol. The number of benzene rings is 2. The number of ether oxygens (including phenoxy) is 2. The lowest BCUT2D eigenvalue weighted by molar-refractivity contribution is -0.0281. The van der Waals surface area contributed by atoms with Crippen LogP contribution < -0.4 is 20.9 Å². The minimum atomic E-state index is -0.541. The number of aryl methyl sites for hydroxylation is 1. The van der Waals surface area contributed by atoms with Crippen LogP contribution >= 0.6 is 0 Å². The number of methoxy groups -OCH3 is 1. The van der Waals surface area contributed by atoms with Crippen LogP contribution in [0.15, 0.2) is 65.6 Å². The van der Waals surface area contributed by atoms with Gasteiger partial charge in [-0.1, -0.05) is 36.4 Å². The number of hydrogen-bond donors (Lipinski definition) is 3. The molecule has 4 aromatic rings. The van der Waals surface area contributed by atoms with Crippen LogP contribution in [0.2, 0.25) is 0 Å². The van der Waals surface area contributed by atoms with Gasteiger partial charge in [0.2, 0.25) is 5.88 Å². The zero-order chi connectivity index (χ0) is 29.8. The van der Waals surface area contributed by atoms with Gasteiger partial charge in [-0.25, -0.2) is 9.67 Å². The van der Waals surface area contributed by atoms with Gasteiger partial charge in [-0.3, -0.25) is 9.59 Å². The Morgan fingerprint density at radius 1 is 1.07 bits per heavy atom. The first-order valence-corrected chi connectivity index (χ1v) is 13.8. The van der Waals surface area contributed by atoms with E-state index in [1.165, 1.54) is 19.3 Å². The van der Waals surface area contributed by atoms with Crippen LogP contribution in [0.4, 0.5) is 5.69 Å². The molecule has 10 heteroatoms. The molecule has 1 aliphatic heterocycles. The molecular weight excluding hydrogens is 534 g/mol. The highest BCUT2D eigenvalue weighted by atomic mass is 16.5. The van der Waals surface area contributed by atoms with Crippen molar-refractivity contribution < 1.29 is 19.4 Å². The predicted octanol–water partition coefficient (Wildman–Crippen LogP) is 3.63. The summed E-state index contributed by atoms with van der Waals surface area (Å²) in [5, 5.41) is 20.4. The van der Waals surface area contributed by atoms with Gasteiger partial charge in [0.15, 0.2) is 0 Å². The van der Waals surface area contributed by atoms with E-state index in [1.807, 2.05) is 62.4 Å². The van der Waals surface area contributed by atoms with Crippen molar-refractivity contribution in [2.45, 2.75) is 39.0 Å². The number of hydrogen-bond acceptors (Lipinski definition) is 8. The third-order valence-corrected chi connectivity index (χ3v) is 7.75. The highest BCUT2D eigenvalue weighted by molar-refractivity contribution is 6.04. The van der Waals surface area contributed by atoms with E-state index >= 15 is 0 Å². The molecule has 0 spiro atoms. The third kappa shape index (κ3) is 5.96. The summed E-state index contributed by atoms with van der Waals surface area (Å²) in [6.07, 6.45) is 1.63. The monoisotopic (exact) mass is 569 g/mol. The molecule has 0 bridgehead atoms. The molecule has 2 unspecified atom stereocenters. The summed E-state index contributed by atoms with van der Waals surface area (Å²) >= 11 is 0. The van der Waals surface area contributed by atoms with E-state index in [0.29, 0.717) is 31.3 Å². The summed E-state index contributed by atoms with van der Waals surface area (Å²) in [5.74, 6) is 0.0374. The molecule has 218 valence electrons. The van der Waals surface area contributed by atoms with Crippen molar-refractivity contribution in [2.24, 2.45) is 7.05 Å². The highest BCUT2D eigenvalue weighted by Crippen LogP contribution is 2.36. The molecule has 1 saturated heterocycles. The normalized spacial score (nSPS) is 16.7. The van der Waals surface area contributed by atoms with Crippen molar-refractivity contribution in [3.63, 3.8) is 0 Å². The second-order valence-electron chi connectivity index (χ2n) is 10.4. The van der Waals surface area contributed by atoms with E-state index in [-0.39, 0.29) is 11.6 Å². The molecule has 5 rings (SSSR count). The van der Waals surface area contributed by atoms with Crippen LogP contribution in [0.3, 0.4) is 0 Å². The van der Waals surface area contributed by atoms with Crippen molar-refractivity contribution in [1.29, 1.82) is 0 Å². The van der Waals surface area contributed by atoms with Gasteiger partial charge in [0.1, 0.15) is 5.56 Å². The van der Waals surface area contributed by atoms with E-state index in [0.717, 1.165) is 50.2 Å². The summed E-state index contributed by atoms with van der Waals surface area (Å²) in [5.41, 5.74) is 6.67. The minimum Gasteiger partial charge on any atom is -0.481 e. The number of nitrogens with one attached hydrogen (secondary N) is 2. The molecule has 2 aromatic heterocycles. The summed E-state index contributed by atoms with van der Waals surface area (Å²) < 4.78 is 12.1. The number of nitrogens with zero attached hydrogens (tertiary/aromatic N) is 3. The summed E-state index contributed by atoms with van der Waals surface area (Å²) in [6, 6.07) is 17.1. The number of amides is 1. The van der Waals surface area contributed by atoms with Crippen LogP contribution in [0.5, 0.6) is 5.88 Å². The molecular formula is C32H35N5O5. The van der Waals surface area contributed by atoms with Crippen molar-refractivity contribution >= 4 is 11.6 Å². The number of pyridine rings is 1. The SMILES string of the molecule is COc1nc(-c2cccc(-c3cccc(NC(=O)c4ccnn(C)c4=O)c3C)c2C)ccc1CNC1CCOCC1O. The van der Waals surface area contributed by atoms with Gasteiger partial charge in [0, 0.05) is 49.3 Å². The molecule has 1 aliphatic rings. The molecule has 3 N–H and O–H groups in total. The van der Waals surface area contributed by atoms with Crippen LogP contribution in [-0.2, 0) is 18.3 Å². The Hall–Kier alpha value is -4.38. The summed E-state index contributed by atoms with van der Waals surface area (Å²) in [7, 11) is 3.11. The fourth-order valence-electron chi connectivity index (χ4n) is 5.27. The van der Waals surface area contributed by atoms with Gasteiger partial charge in [-0.15, -0.1) is 0 Å². The molecule has 10 nitrogen and oxygen atoms in total. The minimum absolute atomic E-state index is 0.0260. The van der Waals surface area contributed by atoms with Gasteiger partial charge in [0.25, 0.3) is 11.5 Å². The van der Waals surface area contributed by atoms with E-state index in [9.17, 15) is 14.7 Å². The Morgan fingerprint density at radius 3 is 2.57 bits per heavy atom. The molecule has 1 fully saturated rings. The Morgan fingerprint density at radius 2 is 1.81 bits per heavy atom. The van der Waals surface area contributed by atoms with Crippen LogP contribution in [0.25, 0.3) is 22.4 Å². The van der Waals surface area contributed by atoms with E-state index in [4.69, 9.17) is 14.5 Å².